The number of carbonyl (C=O) groups is 2. The lowest BCUT2D eigenvalue weighted by atomic mass is 9.93. The number of nitrogens with one attached hydrogen (secondary N) is 1. The van der Waals surface area contributed by atoms with Gasteiger partial charge in [0.25, 0.3) is 0 Å². The Labute approximate surface area is 116 Å². The van der Waals surface area contributed by atoms with Gasteiger partial charge >= 0.3 is 5.97 Å². The third-order valence-electron chi connectivity index (χ3n) is 3.49. The summed E-state index contributed by atoms with van der Waals surface area (Å²) in [6.07, 6.45) is 1.65. The van der Waals surface area contributed by atoms with Crippen molar-refractivity contribution in [3.05, 3.63) is 11.4 Å². The van der Waals surface area contributed by atoms with E-state index in [1.54, 1.807) is 14.1 Å². The van der Waals surface area contributed by atoms with Gasteiger partial charge in [0, 0.05) is 20.0 Å². The lowest BCUT2D eigenvalue weighted by Crippen LogP contribution is -2.31. The molecule has 1 fully saturated rings. The van der Waals surface area contributed by atoms with Crippen LogP contribution in [-0.2, 0) is 11.3 Å². The summed E-state index contributed by atoms with van der Waals surface area (Å²) in [5.41, 5.74) is 0.526. The van der Waals surface area contributed by atoms with Crippen molar-refractivity contribution in [1.29, 1.82) is 0 Å². The van der Waals surface area contributed by atoms with Gasteiger partial charge in [0.2, 0.25) is 5.91 Å². The van der Waals surface area contributed by atoms with Gasteiger partial charge in [-0.2, -0.15) is 0 Å². The van der Waals surface area contributed by atoms with Gasteiger partial charge in [0.05, 0.1) is 5.69 Å². The van der Waals surface area contributed by atoms with Crippen molar-refractivity contribution < 1.29 is 14.7 Å². The Morgan fingerprint density at radius 3 is 2.60 bits per heavy atom. The number of likely N-dealkylation sites (N-methyl/N-ethyl adjacent to an activating group) is 1. The number of carbonyl (C=O) groups excluding carboxylic acids is 1. The van der Waals surface area contributed by atoms with E-state index in [1.165, 1.54) is 9.58 Å². The van der Waals surface area contributed by atoms with Crippen molar-refractivity contribution in [3.8, 4) is 0 Å². The first-order chi connectivity index (χ1) is 9.50. The monoisotopic (exact) mass is 281 g/mol. The van der Waals surface area contributed by atoms with Crippen LogP contribution in [0.3, 0.4) is 0 Å². The largest absolute Gasteiger partial charge is 0.476 e. The van der Waals surface area contributed by atoms with E-state index in [9.17, 15) is 14.7 Å². The number of amides is 1. The van der Waals surface area contributed by atoms with Crippen LogP contribution >= 0.6 is 0 Å². The molecule has 2 heterocycles. The first-order valence-electron chi connectivity index (χ1n) is 6.58. The molecule has 0 aliphatic carbocycles. The molecule has 0 radical (unpaired) electrons. The van der Waals surface area contributed by atoms with Crippen LogP contribution in [0.25, 0.3) is 0 Å². The number of aromatic nitrogens is 3. The van der Waals surface area contributed by atoms with E-state index in [0.717, 1.165) is 25.9 Å². The number of rotatable bonds is 4. The van der Waals surface area contributed by atoms with Crippen LogP contribution < -0.4 is 5.32 Å². The van der Waals surface area contributed by atoms with Crippen LogP contribution in [0.5, 0.6) is 0 Å². The van der Waals surface area contributed by atoms with Gasteiger partial charge < -0.3 is 15.3 Å². The highest BCUT2D eigenvalue weighted by Gasteiger charge is 2.28. The quantitative estimate of drug-likeness (QED) is 0.774. The molecule has 0 aromatic carbocycles. The van der Waals surface area contributed by atoms with Crippen molar-refractivity contribution >= 4 is 11.9 Å². The maximum atomic E-state index is 11.8. The minimum absolute atomic E-state index is 0.0204. The molecule has 2 N–H and O–H groups in total. The molecule has 0 saturated carbocycles. The first-order valence-corrected chi connectivity index (χ1v) is 6.58. The summed E-state index contributed by atoms with van der Waals surface area (Å²) in [6.45, 7) is 1.68. The van der Waals surface area contributed by atoms with Gasteiger partial charge in [-0.05, 0) is 25.9 Å². The van der Waals surface area contributed by atoms with Crippen LogP contribution in [0, 0.1) is 0 Å². The van der Waals surface area contributed by atoms with Gasteiger partial charge in [0.15, 0.2) is 5.69 Å². The predicted molar refractivity (Wildman–Crippen MR) is 70.5 cm³/mol. The molecule has 1 amide bonds. The highest BCUT2D eigenvalue weighted by Crippen LogP contribution is 2.27. The molecule has 1 aromatic heterocycles. The Balaban J connectivity index is 2.31. The Morgan fingerprint density at radius 1 is 1.40 bits per heavy atom. The summed E-state index contributed by atoms with van der Waals surface area (Å²) in [7, 11) is 3.31. The number of nitrogens with zero attached hydrogens (tertiary/aromatic N) is 4. The van der Waals surface area contributed by atoms with Gasteiger partial charge in [-0.15, -0.1) is 5.10 Å². The van der Waals surface area contributed by atoms with Crippen LogP contribution in [-0.4, -0.2) is 64.1 Å². The molecule has 0 unspecified atom stereocenters. The number of hydrogen-bond acceptors (Lipinski definition) is 5. The van der Waals surface area contributed by atoms with E-state index in [2.05, 4.69) is 15.6 Å². The highest BCUT2D eigenvalue weighted by atomic mass is 16.4. The summed E-state index contributed by atoms with van der Waals surface area (Å²) >= 11 is 0. The van der Waals surface area contributed by atoms with Crippen molar-refractivity contribution in [2.45, 2.75) is 25.3 Å². The number of carboxylic acids is 1. The summed E-state index contributed by atoms with van der Waals surface area (Å²) < 4.78 is 1.43. The highest BCUT2D eigenvalue weighted by molar-refractivity contribution is 5.87. The molecule has 110 valence electrons. The van der Waals surface area contributed by atoms with Gasteiger partial charge in [-0.3, -0.25) is 4.79 Å². The van der Waals surface area contributed by atoms with E-state index < -0.39 is 5.97 Å². The smallest absolute Gasteiger partial charge is 0.358 e. The second-order valence-corrected chi connectivity index (χ2v) is 5.10. The van der Waals surface area contributed by atoms with Crippen LogP contribution in [0.2, 0.25) is 0 Å². The fourth-order valence-electron chi connectivity index (χ4n) is 2.36. The number of piperidine rings is 1. The lowest BCUT2D eigenvalue weighted by molar-refractivity contribution is -0.129. The molecule has 8 heteroatoms. The fourth-order valence-corrected chi connectivity index (χ4v) is 2.36. The molecule has 8 nitrogen and oxygen atoms in total. The van der Waals surface area contributed by atoms with E-state index >= 15 is 0 Å². The Morgan fingerprint density at radius 2 is 2.05 bits per heavy atom. The zero-order valence-corrected chi connectivity index (χ0v) is 11.7. The molecule has 0 spiro atoms. The molecule has 0 bridgehead atoms. The van der Waals surface area contributed by atoms with Crippen molar-refractivity contribution in [3.63, 3.8) is 0 Å². The van der Waals surface area contributed by atoms with E-state index in [4.69, 9.17) is 0 Å². The fraction of sp³-hybridized carbons (Fsp3) is 0.667. The molecule has 2 rings (SSSR count). The standard InChI is InChI=1S/C12H19N5O3/c1-16(2)9(18)7-17-11(8-3-5-13-6-4-8)10(12(19)20)14-15-17/h8,13H,3-7H2,1-2H3,(H,19,20). The average Bonchev–Trinajstić information content (AvgIpc) is 2.83. The number of aromatic carboxylic acids is 1. The van der Waals surface area contributed by atoms with Crippen molar-refractivity contribution in [1.82, 2.24) is 25.2 Å². The van der Waals surface area contributed by atoms with Gasteiger partial charge in [-0.25, -0.2) is 9.48 Å². The maximum Gasteiger partial charge on any atom is 0.358 e. The first kappa shape index (κ1) is 14.4. The SMILES string of the molecule is CN(C)C(=O)Cn1nnc(C(=O)O)c1C1CCNCC1. The topological polar surface area (TPSA) is 100 Å². The van der Waals surface area contributed by atoms with Crippen LogP contribution in [0.4, 0.5) is 0 Å². The molecule has 1 saturated heterocycles. The zero-order chi connectivity index (χ0) is 14.7. The normalized spacial score (nSPS) is 16.1. The number of hydrogen-bond donors (Lipinski definition) is 2. The Bertz CT molecular complexity index is 505. The van der Waals surface area contributed by atoms with Crippen molar-refractivity contribution in [2.24, 2.45) is 0 Å². The minimum Gasteiger partial charge on any atom is -0.476 e. The van der Waals surface area contributed by atoms with Crippen molar-refractivity contribution in [2.75, 3.05) is 27.2 Å². The second-order valence-electron chi connectivity index (χ2n) is 5.10. The van der Waals surface area contributed by atoms with Crippen LogP contribution in [0.1, 0.15) is 34.9 Å². The molecule has 0 atom stereocenters. The van der Waals surface area contributed by atoms with Gasteiger partial charge in [0.1, 0.15) is 6.54 Å². The molecular formula is C12H19N5O3. The predicted octanol–water partition coefficient (Wildman–Crippen LogP) is -0.468. The maximum absolute atomic E-state index is 11.8. The lowest BCUT2D eigenvalue weighted by Gasteiger charge is -2.23. The van der Waals surface area contributed by atoms with E-state index in [1.807, 2.05) is 0 Å². The number of carboxylic acid groups (broad SMARTS) is 1. The summed E-state index contributed by atoms with van der Waals surface area (Å²) in [5.74, 6) is -1.16. The molecule has 1 aliphatic rings. The second kappa shape index (κ2) is 6.00. The summed E-state index contributed by atoms with van der Waals surface area (Å²) in [4.78, 5) is 24.5. The average molecular weight is 281 g/mol. The summed E-state index contributed by atoms with van der Waals surface area (Å²) in [5, 5.41) is 20.0. The Hall–Kier alpha value is -1.96. The Kier molecular flexibility index (Phi) is 4.33. The molecule has 20 heavy (non-hydrogen) atoms. The molecule has 1 aliphatic heterocycles. The minimum atomic E-state index is -1.10. The molecule has 1 aromatic rings. The van der Waals surface area contributed by atoms with E-state index in [0.29, 0.717) is 5.69 Å². The third-order valence-corrected chi connectivity index (χ3v) is 3.49. The molecular weight excluding hydrogens is 262 g/mol. The van der Waals surface area contributed by atoms with Gasteiger partial charge in [-0.1, -0.05) is 5.21 Å². The zero-order valence-electron chi connectivity index (χ0n) is 11.7. The van der Waals surface area contributed by atoms with E-state index in [-0.39, 0.29) is 24.1 Å². The third kappa shape index (κ3) is 2.96. The van der Waals surface area contributed by atoms with Crippen LogP contribution in [0.15, 0.2) is 0 Å². The summed E-state index contributed by atoms with van der Waals surface area (Å²) in [6, 6.07) is 0.